The van der Waals surface area contributed by atoms with Crippen molar-refractivity contribution in [3.63, 3.8) is 0 Å². The fraction of sp³-hybridized carbons (Fsp3) is 0.435. The van der Waals surface area contributed by atoms with Crippen LogP contribution in [0, 0.1) is 5.82 Å². The molecule has 1 heterocycles. The SMILES string of the molecule is C[C@@H]1CN(Cc2ccc(F)cc2)[C@@H](CN(C)C)CN1C(=O)COc1ccc(Cl)cc1. The van der Waals surface area contributed by atoms with Gasteiger partial charge >= 0.3 is 0 Å². The predicted molar refractivity (Wildman–Crippen MR) is 117 cm³/mol. The molecular weight excluding hydrogens is 405 g/mol. The van der Waals surface area contributed by atoms with Gasteiger partial charge in [-0.05, 0) is 63.0 Å². The summed E-state index contributed by atoms with van der Waals surface area (Å²) in [5, 5.41) is 0.631. The largest absolute Gasteiger partial charge is 0.484 e. The first-order chi connectivity index (χ1) is 14.3. The molecule has 7 heteroatoms. The maximum absolute atomic E-state index is 13.2. The number of carbonyl (C=O) groups excluding carboxylic acids is 1. The molecule has 5 nitrogen and oxygen atoms in total. The van der Waals surface area contributed by atoms with Gasteiger partial charge in [0.1, 0.15) is 11.6 Å². The maximum Gasteiger partial charge on any atom is 0.260 e. The Morgan fingerprint density at radius 2 is 1.80 bits per heavy atom. The van der Waals surface area contributed by atoms with Crippen LogP contribution in [0.5, 0.6) is 5.75 Å². The summed E-state index contributed by atoms with van der Waals surface area (Å²) in [6.45, 7) is 5.00. The number of rotatable bonds is 7. The summed E-state index contributed by atoms with van der Waals surface area (Å²) >= 11 is 5.89. The first-order valence-corrected chi connectivity index (χ1v) is 10.5. The van der Waals surface area contributed by atoms with E-state index in [9.17, 15) is 9.18 Å². The van der Waals surface area contributed by atoms with E-state index in [2.05, 4.69) is 16.7 Å². The number of nitrogens with zero attached hydrogens (tertiary/aromatic N) is 3. The Bertz CT molecular complexity index is 829. The fourth-order valence-electron chi connectivity index (χ4n) is 3.83. The molecule has 0 radical (unpaired) electrons. The van der Waals surface area contributed by atoms with E-state index in [1.807, 2.05) is 31.1 Å². The lowest BCUT2D eigenvalue weighted by molar-refractivity contribution is -0.140. The zero-order valence-corrected chi connectivity index (χ0v) is 18.5. The molecule has 0 saturated carbocycles. The Morgan fingerprint density at radius 3 is 2.43 bits per heavy atom. The van der Waals surface area contributed by atoms with E-state index in [1.165, 1.54) is 12.1 Å². The molecule has 30 heavy (non-hydrogen) atoms. The molecule has 162 valence electrons. The molecule has 0 unspecified atom stereocenters. The average Bonchev–Trinajstić information content (AvgIpc) is 2.70. The third-order valence-electron chi connectivity index (χ3n) is 5.33. The Morgan fingerprint density at radius 1 is 1.13 bits per heavy atom. The minimum absolute atomic E-state index is 0.00137. The molecule has 0 N–H and O–H groups in total. The number of benzene rings is 2. The van der Waals surface area contributed by atoms with Crippen LogP contribution in [0.2, 0.25) is 5.02 Å². The fourth-order valence-corrected chi connectivity index (χ4v) is 3.95. The van der Waals surface area contributed by atoms with Crippen LogP contribution in [0.25, 0.3) is 0 Å². The second-order valence-electron chi connectivity index (χ2n) is 8.11. The number of amides is 1. The Balaban J connectivity index is 1.64. The predicted octanol–water partition coefficient (Wildman–Crippen LogP) is 3.52. The highest BCUT2D eigenvalue weighted by atomic mass is 35.5. The van der Waals surface area contributed by atoms with Gasteiger partial charge in [0.05, 0.1) is 0 Å². The van der Waals surface area contributed by atoms with Crippen molar-refractivity contribution in [1.29, 1.82) is 0 Å². The van der Waals surface area contributed by atoms with Crippen molar-refractivity contribution in [2.75, 3.05) is 40.3 Å². The van der Waals surface area contributed by atoms with Crippen LogP contribution in [0.3, 0.4) is 0 Å². The third kappa shape index (κ3) is 6.17. The van der Waals surface area contributed by atoms with Crippen LogP contribution >= 0.6 is 11.6 Å². The molecule has 0 aliphatic carbocycles. The van der Waals surface area contributed by atoms with Gasteiger partial charge in [-0.1, -0.05) is 23.7 Å². The lowest BCUT2D eigenvalue weighted by Gasteiger charge is -2.46. The molecule has 1 aliphatic heterocycles. The van der Waals surface area contributed by atoms with Gasteiger partial charge in [0.25, 0.3) is 5.91 Å². The van der Waals surface area contributed by atoms with Crippen molar-refractivity contribution >= 4 is 17.5 Å². The first kappa shape index (κ1) is 22.5. The van der Waals surface area contributed by atoms with Crippen LogP contribution in [-0.4, -0.2) is 73.0 Å². The normalized spacial score (nSPS) is 19.9. The number of piperazine rings is 1. The number of ether oxygens (including phenoxy) is 1. The molecule has 1 amide bonds. The van der Waals surface area contributed by atoms with E-state index in [4.69, 9.17) is 16.3 Å². The number of likely N-dealkylation sites (N-methyl/N-ethyl adjacent to an activating group) is 1. The van der Waals surface area contributed by atoms with Crippen LogP contribution in [-0.2, 0) is 11.3 Å². The molecule has 2 atom stereocenters. The molecule has 1 fully saturated rings. The second kappa shape index (κ2) is 10.2. The van der Waals surface area contributed by atoms with E-state index in [-0.39, 0.29) is 30.4 Å². The van der Waals surface area contributed by atoms with Gasteiger partial charge in [0.15, 0.2) is 6.61 Å². The average molecular weight is 434 g/mol. The lowest BCUT2D eigenvalue weighted by Crippen LogP contribution is -2.61. The maximum atomic E-state index is 13.2. The highest BCUT2D eigenvalue weighted by molar-refractivity contribution is 6.30. The van der Waals surface area contributed by atoms with Gasteiger partial charge in [-0.15, -0.1) is 0 Å². The van der Waals surface area contributed by atoms with Gasteiger partial charge in [-0.3, -0.25) is 9.69 Å². The van der Waals surface area contributed by atoms with E-state index in [1.54, 1.807) is 24.3 Å². The summed E-state index contributed by atoms with van der Waals surface area (Å²) in [7, 11) is 4.06. The zero-order valence-electron chi connectivity index (χ0n) is 17.7. The number of hydrogen-bond donors (Lipinski definition) is 0. The van der Waals surface area contributed by atoms with Crippen molar-refractivity contribution in [3.05, 3.63) is 64.9 Å². The summed E-state index contributed by atoms with van der Waals surface area (Å²) in [5.74, 6) is 0.371. The molecule has 3 rings (SSSR count). The lowest BCUT2D eigenvalue weighted by atomic mass is 10.0. The van der Waals surface area contributed by atoms with Crippen molar-refractivity contribution in [2.24, 2.45) is 0 Å². The second-order valence-corrected chi connectivity index (χ2v) is 8.55. The topological polar surface area (TPSA) is 36.0 Å². The van der Waals surface area contributed by atoms with Crippen molar-refractivity contribution in [3.8, 4) is 5.75 Å². The van der Waals surface area contributed by atoms with Crippen LogP contribution in [0.4, 0.5) is 4.39 Å². The number of hydrogen-bond acceptors (Lipinski definition) is 4. The van der Waals surface area contributed by atoms with E-state index >= 15 is 0 Å². The standard InChI is InChI=1S/C23H29ClFN3O2/c1-17-12-27(13-18-4-8-20(25)9-5-18)21(14-26(2)3)15-28(17)23(29)16-30-22-10-6-19(24)7-11-22/h4-11,17,21H,12-16H2,1-3H3/t17-,21+/m1/s1. The molecule has 0 aromatic heterocycles. The summed E-state index contributed by atoms with van der Waals surface area (Å²) in [4.78, 5) is 19.3. The first-order valence-electron chi connectivity index (χ1n) is 10.1. The third-order valence-corrected chi connectivity index (χ3v) is 5.58. The Labute approximate surface area is 183 Å². The smallest absolute Gasteiger partial charge is 0.260 e. The van der Waals surface area contributed by atoms with E-state index in [0.717, 1.165) is 25.2 Å². The van der Waals surface area contributed by atoms with Crippen LogP contribution in [0.15, 0.2) is 48.5 Å². The minimum atomic E-state index is -0.229. The van der Waals surface area contributed by atoms with Crippen molar-refractivity contribution < 1.29 is 13.9 Å². The number of carbonyl (C=O) groups is 1. The zero-order chi connectivity index (χ0) is 21.7. The summed E-state index contributed by atoms with van der Waals surface area (Å²) < 4.78 is 18.9. The van der Waals surface area contributed by atoms with Crippen LogP contribution < -0.4 is 4.74 Å². The van der Waals surface area contributed by atoms with E-state index < -0.39 is 0 Å². The van der Waals surface area contributed by atoms with Crippen molar-refractivity contribution in [2.45, 2.75) is 25.6 Å². The highest BCUT2D eigenvalue weighted by Gasteiger charge is 2.34. The highest BCUT2D eigenvalue weighted by Crippen LogP contribution is 2.20. The molecule has 1 aliphatic rings. The monoisotopic (exact) mass is 433 g/mol. The van der Waals surface area contributed by atoms with Gasteiger partial charge in [0, 0.05) is 43.3 Å². The molecular formula is C23H29ClFN3O2. The minimum Gasteiger partial charge on any atom is -0.484 e. The molecule has 1 saturated heterocycles. The number of halogens is 2. The molecule has 0 spiro atoms. The van der Waals surface area contributed by atoms with Gasteiger partial charge < -0.3 is 14.5 Å². The molecule has 2 aromatic rings. The van der Waals surface area contributed by atoms with Gasteiger partial charge in [-0.25, -0.2) is 4.39 Å². The van der Waals surface area contributed by atoms with E-state index in [0.29, 0.717) is 17.3 Å². The van der Waals surface area contributed by atoms with Crippen molar-refractivity contribution in [1.82, 2.24) is 14.7 Å². The quantitative estimate of drug-likeness (QED) is 0.669. The molecule has 2 aromatic carbocycles. The Hall–Kier alpha value is -2.15. The molecule has 0 bridgehead atoms. The van der Waals surface area contributed by atoms with Gasteiger partial charge in [0.2, 0.25) is 0 Å². The summed E-state index contributed by atoms with van der Waals surface area (Å²) in [6.07, 6.45) is 0. The van der Waals surface area contributed by atoms with Gasteiger partial charge in [-0.2, -0.15) is 0 Å². The Kier molecular flexibility index (Phi) is 7.69. The summed E-state index contributed by atoms with van der Waals surface area (Å²) in [5.41, 5.74) is 1.07. The summed E-state index contributed by atoms with van der Waals surface area (Å²) in [6, 6.07) is 13.9. The van der Waals surface area contributed by atoms with Crippen LogP contribution in [0.1, 0.15) is 12.5 Å².